The van der Waals surface area contributed by atoms with Gasteiger partial charge in [0.1, 0.15) is 11.3 Å². The van der Waals surface area contributed by atoms with E-state index >= 15 is 0 Å². The Morgan fingerprint density at radius 2 is 1.90 bits per heavy atom. The van der Waals surface area contributed by atoms with Crippen LogP contribution in [0.5, 0.6) is 5.75 Å². The molecule has 0 fully saturated rings. The topological polar surface area (TPSA) is 77.2 Å². The highest BCUT2D eigenvalue weighted by Crippen LogP contribution is 2.29. The maximum atomic E-state index is 12.5. The monoisotopic (exact) mass is 427 g/mol. The number of rotatable bonds is 5. The molecular formula is C21H15Cl2N3O3. The Hall–Kier alpha value is -3.09. The van der Waals surface area contributed by atoms with E-state index in [1.165, 1.54) is 0 Å². The number of carbonyl (C=O) groups is 1. The average Bonchev–Trinajstić information content (AvgIpc) is 3.14. The van der Waals surface area contributed by atoms with Crippen LogP contribution < -0.4 is 10.1 Å². The lowest BCUT2D eigenvalue weighted by Gasteiger charge is -2.15. The molecule has 2 heterocycles. The summed E-state index contributed by atoms with van der Waals surface area (Å²) in [6.07, 6.45) is 2.57. The molecule has 4 rings (SSSR count). The number of amides is 1. The molecule has 146 valence electrons. The molecule has 1 amide bonds. The molecule has 0 aliphatic heterocycles. The fourth-order valence-electron chi connectivity index (χ4n) is 2.68. The van der Waals surface area contributed by atoms with Gasteiger partial charge >= 0.3 is 0 Å². The second-order valence-corrected chi connectivity index (χ2v) is 7.11. The van der Waals surface area contributed by atoms with Gasteiger partial charge in [0, 0.05) is 28.7 Å². The first kappa shape index (κ1) is 19.2. The Labute approximate surface area is 176 Å². The molecule has 0 radical (unpaired) electrons. The van der Waals surface area contributed by atoms with Gasteiger partial charge in [0.25, 0.3) is 5.91 Å². The first-order valence-electron chi connectivity index (χ1n) is 8.73. The Kier molecular flexibility index (Phi) is 5.38. The van der Waals surface area contributed by atoms with Crippen LogP contribution in [0.4, 0.5) is 5.69 Å². The number of carbonyl (C=O) groups excluding carboxylic acids is 1. The minimum Gasteiger partial charge on any atom is -0.479 e. The molecule has 0 aliphatic rings. The van der Waals surface area contributed by atoms with Crippen molar-refractivity contribution in [2.75, 3.05) is 5.32 Å². The van der Waals surface area contributed by atoms with Gasteiger partial charge in [-0.3, -0.25) is 9.78 Å². The number of anilines is 1. The van der Waals surface area contributed by atoms with Gasteiger partial charge in [0.2, 0.25) is 5.89 Å². The first-order chi connectivity index (χ1) is 14.0. The van der Waals surface area contributed by atoms with Crippen LogP contribution in [0.1, 0.15) is 6.92 Å². The van der Waals surface area contributed by atoms with Gasteiger partial charge in [-0.2, -0.15) is 0 Å². The SMILES string of the molecule is C[C@H](Oc1ccc(Cl)cc1Cl)C(=O)Nc1ccc2oc(-c3ccncc3)nc2c1. The van der Waals surface area contributed by atoms with Gasteiger partial charge in [-0.25, -0.2) is 4.98 Å². The fourth-order valence-corrected chi connectivity index (χ4v) is 3.13. The third kappa shape index (κ3) is 4.34. The number of hydrogen-bond acceptors (Lipinski definition) is 5. The van der Waals surface area contributed by atoms with Crippen LogP contribution in [-0.2, 0) is 4.79 Å². The summed E-state index contributed by atoms with van der Waals surface area (Å²) in [6.45, 7) is 1.64. The van der Waals surface area contributed by atoms with Crippen molar-refractivity contribution < 1.29 is 13.9 Å². The molecule has 8 heteroatoms. The maximum absolute atomic E-state index is 12.5. The summed E-state index contributed by atoms with van der Waals surface area (Å²) in [5, 5.41) is 3.64. The molecule has 2 aromatic heterocycles. The standard InChI is InChI=1S/C21H15Cl2N3O3/c1-12(28-18-4-2-14(22)10-16(18)23)20(27)25-15-3-5-19-17(11-15)26-21(29-19)13-6-8-24-9-7-13/h2-12H,1H3,(H,25,27)/t12-/m0/s1. The quantitative estimate of drug-likeness (QED) is 0.448. The molecule has 0 bridgehead atoms. The predicted octanol–water partition coefficient (Wildman–Crippen LogP) is 5.60. The minimum atomic E-state index is -0.769. The molecule has 2 aromatic carbocycles. The second kappa shape index (κ2) is 8.11. The van der Waals surface area contributed by atoms with Crippen LogP contribution in [0.2, 0.25) is 10.0 Å². The molecular weight excluding hydrogens is 413 g/mol. The van der Waals surface area contributed by atoms with Gasteiger partial charge < -0.3 is 14.5 Å². The van der Waals surface area contributed by atoms with E-state index in [-0.39, 0.29) is 5.91 Å². The highest BCUT2D eigenvalue weighted by Gasteiger charge is 2.17. The van der Waals surface area contributed by atoms with Crippen LogP contribution in [0, 0.1) is 0 Å². The lowest BCUT2D eigenvalue weighted by Crippen LogP contribution is -2.30. The molecule has 1 atom stereocenters. The van der Waals surface area contributed by atoms with Crippen molar-refractivity contribution in [3.63, 3.8) is 0 Å². The maximum Gasteiger partial charge on any atom is 0.265 e. The predicted molar refractivity (Wildman–Crippen MR) is 112 cm³/mol. The normalized spacial score (nSPS) is 12.0. The largest absolute Gasteiger partial charge is 0.479 e. The molecule has 6 nitrogen and oxygen atoms in total. The number of benzene rings is 2. The summed E-state index contributed by atoms with van der Waals surface area (Å²) in [6, 6.07) is 13.7. The number of pyridine rings is 1. The van der Waals surface area contributed by atoms with Gasteiger partial charge in [-0.15, -0.1) is 0 Å². The Morgan fingerprint density at radius 3 is 2.66 bits per heavy atom. The zero-order valence-electron chi connectivity index (χ0n) is 15.2. The second-order valence-electron chi connectivity index (χ2n) is 6.26. The summed E-state index contributed by atoms with van der Waals surface area (Å²) >= 11 is 12.0. The van der Waals surface area contributed by atoms with Crippen molar-refractivity contribution in [2.45, 2.75) is 13.0 Å². The fraction of sp³-hybridized carbons (Fsp3) is 0.0952. The number of oxazole rings is 1. The average molecular weight is 428 g/mol. The van der Waals surface area contributed by atoms with Crippen molar-refractivity contribution in [2.24, 2.45) is 0 Å². The van der Waals surface area contributed by atoms with Crippen molar-refractivity contribution in [3.05, 3.63) is 71.0 Å². The van der Waals surface area contributed by atoms with Crippen LogP contribution in [0.15, 0.2) is 65.3 Å². The number of halogens is 2. The smallest absolute Gasteiger partial charge is 0.265 e. The van der Waals surface area contributed by atoms with E-state index in [1.54, 1.807) is 55.7 Å². The van der Waals surface area contributed by atoms with Crippen LogP contribution >= 0.6 is 23.2 Å². The van der Waals surface area contributed by atoms with E-state index in [0.717, 1.165) is 5.56 Å². The molecule has 1 N–H and O–H groups in total. The van der Waals surface area contributed by atoms with Crippen molar-refractivity contribution in [1.82, 2.24) is 9.97 Å². The lowest BCUT2D eigenvalue weighted by atomic mass is 10.2. The highest BCUT2D eigenvalue weighted by molar-refractivity contribution is 6.35. The summed E-state index contributed by atoms with van der Waals surface area (Å²) in [5.41, 5.74) is 2.65. The third-order valence-electron chi connectivity index (χ3n) is 4.15. The number of aromatic nitrogens is 2. The minimum absolute atomic E-state index is 0.326. The number of ether oxygens (including phenoxy) is 1. The van der Waals surface area contributed by atoms with Crippen molar-refractivity contribution in [1.29, 1.82) is 0 Å². The highest BCUT2D eigenvalue weighted by atomic mass is 35.5. The summed E-state index contributed by atoms with van der Waals surface area (Å²) < 4.78 is 11.4. The van der Waals surface area contributed by atoms with E-state index in [9.17, 15) is 4.79 Å². The van der Waals surface area contributed by atoms with Crippen LogP contribution in [0.3, 0.4) is 0 Å². The van der Waals surface area contributed by atoms with E-state index in [1.807, 2.05) is 12.1 Å². The van der Waals surface area contributed by atoms with Crippen molar-refractivity contribution >= 4 is 45.9 Å². The van der Waals surface area contributed by atoms with Gasteiger partial charge in [0.15, 0.2) is 11.7 Å². The van der Waals surface area contributed by atoms with Gasteiger partial charge in [-0.1, -0.05) is 23.2 Å². The summed E-state index contributed by atoms with van der Waals surface area (Å²) in [7, 11) is 0. The molecule has 29 heavy (non-hydrogen) atoms. The summed E-state index contributed by atoms with van der Waals surface area (Å²) in [5.74, 6) is 0.542. The number of hydrogen-bond donors (Lipinski definition) is 1. The van der Waals surface area contributed by atoms with Gasteiger partial charge in [0.05, 0.1) is 5.02 Å². The number of fused-ring (bicyclic) bond motifs is 1. The lowest BCUT2D eigenvalue weighted by molar-refractivity contribution is -0.122. The Balaban J connectivity index is 1.48. The van der Waals surface area contributed by atoms with Gasteiger partial charge in [-0.05, 0) is 55.5 Å². The Morgan fingerprint density at radius 1 is 1.10 bits per heavy atom. The first-order valence-corrected chi connectivity index (χ1v) is 9.49. The van der Waals surface area contributed by atoms with Crippen LogP contribution in [0.25, 0.3) is 22.6 Å². The molecule has 0 saturated carbocycles. The molecule has 0 unspecified atom stereocenters. The number of nitrogens with one attached hydrogen (secondary N) is 1. The zero-order valence-corrected chi connectivity index (χ0v) is 16.7. The third-order valence-corrected chi connectivity index (χ3v) is 4.68. The molecule has 0 aliphatic carbocycles. The van der Waals surface area contributed by atoms with E-state index < -0.39 is 6.10 Å². The van der Waals surface area contributed by atoms with E-state index in [4.69, 9.17) is 32.4 Å². The van der Waals surface area contributed by atoms with E-state index in [2.05, 4.69) is 15.3 Å². The Bertz CT molecular complexity index is 1180. The molecule has 0 spiro atoms. The zero-order chi connectivity index (χ0) is 20.4. The summed E-state index contributed by atoms with van der Waals surface area (Å²) in [4.78, 5) is 21.0. The number of nitrogens with zero attached hydrogens (tertiary/aromatic N) is 2. The molecule has 0 saturated heterocycles. The van der Waals surface area contributed by atoms with Crippen molar-refractivity contribution in [3.8, 4) is 17.2 Å². The van der Waals surface area contributed by atoms with Crippen LogP contribution in [-0.4, -0.2) is 22.0 Å². The van der Waals surface area contributed by atoms with E-state index in [0.29, 0.717) is 38.5 Å². The molecule has 4 aromatic rings.